The van der Waals surface area contributed by atoms with Crippen molar-refractivity contribution in [2.45, 2.75) is 24.7 Å². The number of hydrogen-bond donors (Lipinski definition) is 0. The molecule has 6 rings (SSSR count). The SMILES string of the molecule is COc1ccc(-n2c(SCC(=O)c3ccc(Br)cc3)nc3sc4c(c3c2=O)CCN(Cc2ccccc2)C4)cc1. The molecule has 0 saturated heterocycles. The molecule has 0 saturated carbocycles. The highest BCUT2D eigenvalue weighted by molar-refractivity contribution is 9.10. The standard InChI is InChI=1S/C31H26BrN3O3S2/c1-38-24-13-11-23(12-14-24)35-30(37)28-25-15-16-34(17-20-5-3-2-4-6-20)18-27(25)40-29(28)33-31(35)39-19-26(36)21-7-9-22(32)10-8-21/h2-14H,15-19H2,1H3. The first-order chi connectivity index (χ1) is 19.5. The maximum absolute atomic E-state index is 14.1. The smallest absolute Gasteiger partial charge is 0.267 e. The highest BCUT2D eigenvalue weighted by Crippen LogP contribution is 2.35. The van der Waals surface area contributed by atoms with E-state index in [9.17, 15) is 9.59 Å². The van der Waals surface area contributed by atoms with Crippen molar-refractivity contribution in [1.82, 2.24) is 14.5 Å². The number of carbonyl (C=O) groups excluding carboxylic acids is 1. The lowest BCUT2D eigenvalue weighted by Gasteiger charge is -2.26. The molecule has 202 valence electrons. The second kappa shape index (κ2) is 11.7. The van der Waals surface area contributed by atoms with Crippen molar-refractivity contribution in [1.29, 1.82) is 0 Å². The lowest BCUT2D eigenvalue weighted by molar-refractivity contribution is 0.102. The zero-order valence-corrected chi connectivity index (χ0v) is 25.0. The molecular formula is C31H26BrN3O3S2. The van der Waals surface area contributed by atoms with E-state index in [1.807, 2.05) is 42.5 Å². The van der Waals surface area contributed by atoms with Gasteiger partial charge in [0.25, 0.3) is 5.56 Å². The number of benzene rings is 3. The molecule has 1 aliphatic rings. The van der Waals surface area contributed by atoms with E-state index >= 15 is 0 Å². The van der Waals surface area contributed by atoms with Crippen molar-refractivity contribution >= 4 is 55.0 Å². The Labute approximate surface area is 248 Å². The van der Waals surface area contributed by atoms with Gasteiger partial charge in [0.15, 0.2) is 10.9 Å². The van der Waals surface area contributed by atoms with Crippen molar-refractivity contribution < 1.29 is 9.53 Å². The first-order valence-corrected chi connectivity index (χ1v) is 15.5. The summed E-state index contributed by atoms with van der Waals surface area (Å²) in [7, 11) is 1.61. The van der Waals surface area contributed by atoms with Crippen molar-refractivity contribution in [2.75, 3.05) is 19.4 Å². The number of nitrogens with zero attached hydrogens (tertiary/aromatic N) is 3. The van der Waals surface area contributed by atoms with Gasteiger partial charge in [-0.3, -0.25) is 19.1 Å². The van der Waals surface area contributed by atoms with Gasteiger partial charge in [-0.2, -0.15) is 0 Å². The Balaban J connectivity index is 1.37. The average Bonchev–Trinajstić information content (AvgIpc) is 3.35. The summed E-state index contributed by atoms with van der Waals surface area (Å²) in [5, 5.41) is 1.20. The second-order valence-electron chi connectivity index (χ2n) is 9.58. The first kappa shape index (κ1) is 27.0. The molecule has 40 heavy (non-hydrogen) atoms. The van der Waals surface area contributed by atoms with Crippen LogP contribution in [0.1, 0.15) is 26.4 Å². The topological polar surface area (TPSA) is 64.4 Å². The van der Waals surface area contributed by atoms with Crippen LogP contribution in [0.5, 0.6) is 5.75 Å². The predicted octanol–water partition coefficient (Wildman–Crippen LogP) is 6.75. The van der Waals surface area contributed by atoms with Crippen LogP contribution in [0.3, 0.4) is 0 Å². The molecule has 0 unspecified atom stereocenters. The highest BCUT2D eigenvalue weighted by atomic mass is 79.9. The summed E-state index contributed by atoms with van der Waals surface area (Å²) < 4.78 is 7.89. The lowest BCUT2D eigenvalue weighted by atomic mass is 10.0. The molecule has 0 radical (unpaired) electrons. The molecule has 5 aromatic rings. The molecule has 3 aromatic carbocycles. The Bertz CT molecular complexity index is 1730. The number of methoxy groups -OCH3 is 1. The maximum atomic E-state index is 14.1. The quantitative estimate of drug-likeness (QED) is 0.107. The minimum Gasteiger partial charge on any atom is -0.497 e. The zero-order chi connectivity index (χ0) is 27.6. The van der Waals surface area contributed by atoms with E-state index in [-0.39, 0.29) is 17.1 Å². The molecule has 0 bridgehead atoms. The van der Waals surface area contributed by atoms with Gasteiger partial charge in [0.05, 0.1) is 23.9 Å². The molecule has 0 fully saturated rings. The van der Waals surface area contributed by atoms with Gasteiger partial charge >= 0.3 is 0 Å². The summed E-state index contributed by atoms with van der Waals surface area (Å²) in [6.45, 7) is 2.54. The van der Waals surface area contributed by atoms with Crippen LogP contribution in [0.4, 0.5) is 0 Å². The van der Waals surface area contributed by atoms with E-state index in [1.165, 1.54) is 22.2 Å². The van der Waals surface area contributed by atoms with Crippen LogP contribution in [0.25, 0.3) is 15.9 Å². The molecule has 0 spiro atoms. The van der Waals surface area contributed by atoms with E-state index in [0.29, 0.717) is 27.5 Å². The second-order valence-corrected chi connectivity index (χ2v) is 12.5. The summed E-state index contributed by atoms with van der Waals surface area (Å²) in [5.74, 6) is 0.859. The summed E-state index contributed by atoms with van der Waals surface area (Å²) in [5.41, 5.74) is 3.61. The third-order valence-electron chi connectivity index (χ3n) is 7.00. The number of carbonyl (C=O) groups is 1. The molecule has 0 N–H and O–H groups in total. The van der Waals surface area contributed by atoms with E-state index in [0.717, 1.165) is 40.9 Å². The predicted molar refractivity (Wildman–Crippen MR) is 165 cm³/mol. The van der Waals surface area contributed by atoms with Crippen LogP contribution in [0, 0.1) is 0 Å². The van der Waals surface area contributed by atoms with Crippen molar-refractivity contribution in [3.8, 4) is 11.4 Å². The van der Waals surface area contributed by atoms with Gasteiger partial charge in [0, 0.05) is 34.5 Å². The molecule has 0 amide bonds. The summed E-state index contributed by atoms with van der Waals surface area (Å²) in [4.78, 5) is 36.5. The van der Waals surface area contributed by atoms with Crippen LogP contribution in [-0.2, 0) is 19.5 Å². The summed E-state index contributed by atoms with van der Waals surface area (Å²) >= 11 is 6.30. The Morgan fingerprint density at radius 1 is 1.05 bits per heavy atom. The third kappa shape index (κ3) is 5.51. The summed E-state index contributed by atoms with van der Waals surface area (Å²) in [6.07, 6.45) is 0.802. The Kier molecular flexibility index (Phi) is 7.89. The van der Waals surface area contributed by atoms with Crippen LogP contribution in [0.15, 0.2) is 93.3 Å². The van der Waals surface area contributed by atoms with Crippen LogP contribution < -0.4 is 10.3 Å². The van der Waals surface area contributed by atoms with E-state index in [4.69, 9.17) is 9.72 Å². The molecule has 2 aromatic heterocycles. The van der Waals surface area contributed by atoms with Crippen LogP contribution >= 0.6 is 39.0 Å². The van der Waals surface area contributed by atoms with Gasteiger partial charge in [0.1, 0.15) is 10.6 Å². The number of hydrogen-bond acceptors (Lipinski definition) is 7. The molecule has 6 nitrogen and oxygen atoms in total. The Hall–Kier alpha value is -3.24. The average molecular weight is 633 g/mol. The van der Waals surface area contributed by atoms with Crippen molar-refractivity contribution in [3.63, 3.8) is 0 Å². The Morgan fingerprint density at radius 3 is 2.52 bits per heavy atom. The molecule has 1 aliphatic heterocycles. The van der Waals surface area contributed by atoms with Crippen LogP contribution in [-0.4, -0.2) is 39.6 Å². The molecule has 9 heteroatoms. The minimum atomic E-state index is -0.0947. The van der Waals surface area contributed by atoms with Gasteiger partial charge in [-0.25, -0.2) is 4.98 Å². The normalized spacial score (nSPS) is 13.3. The Morgan fingerprint density at radius 2 is 1.80 bits per heavy atom. The molecular weight excluding hydrogens is 606 g/mol. The summed E-state index contributed by atoms with van der Waals surface area (Å²) in [6, 6.07) is 25.1. The lowest BCUT2D eigenvalue weighted by Crippen LogP contribution is -2.30. The molecule has 0 atom stereocenters. The number of fused-ring (bicyclic) bond motifs is 3. The fourth-order valence-electron chi connectivity index (χ4n) is 4.96. The number of ketones is 1. The third-order valence-corrected chi connectivity index (χ3v) is 9.58. The number of Topliss-reactive ketones (excluding diaryl/α,β-unsaturated/α-hetero) is 1. The highest BCUT2D eigenvalue weighted by Gasteiger charge is 2.26. The van der Waals surface area contributed by atoms with E-state index in [2.05, 4.69) is 45.1 Å². The van der Waals surface area contributed by atoms with Gasteiger partial charge in [-0.05, 0) is 53.9 Å². The fourth-order valence-corrected chi connectivity index (χ4v) is 7.43. The number of rotatable bonds is 8. The first-order valence-electron chi connectivity index (χ1n) is 12.9. The fraction of sp³-hybridized carbons (Fsp3) is 0.194. The van der Waals surface area contributed by atoms with Gasteiger partial charge in [0.2, 0.25) is 0 Å². The van der Waals surface area contributed by atoms with Crippen molar-refractivity contribution in [2.24, 2.45) is 0 Å². The maximum Gasteiger partial charge on any atom is 0.267 e. The largest absolute Gasteiger partial charge is 0.497 e. The van der Waals surface area contributed by atoms with Gasteiger partial charge < -0.3 is 4.74 Å². The number of thiophene rings is 1. The van der Waals surface area contributed by atoms with Crippen LogP contribution in [0.2, 0.25) is 0 Å². The monoisotopic (exact) mass is 631 g/mol. The minimum absolute atomic E-state index is 0.0184. The number of aromatic nitrogens is 2. The molecule has 0 aliphatic carbocycles. The number of halogens is 1. The molecule has 3 heterocycles. The number of thioether (sulfide) groups is 1. The van der Waals surface area contributed by atoms with E-state index < -0.39 is 0 Å². The number of ether oxygens (including phenoxy) is 1. The zero-order valence-electron chi connectivity index (χ0n) is 21.8. The van der Waals surface area contributed by atoms with Crippen molar-refractivity contribution in [3.05, 3.63) is 115 Å². The van der Waals surface area contributed by atoms with Gasteiger partial charge in [-0.15, -0.1) is 11.3 Å². The van der Waals surface area contributed by atoms with Gasteiger partial charge in [-0.1, -0.05) is 70.2 Å². The van der Waals surface area contributed by atoms with E-state index in [1.54, 1.807) is 35.1 Å².